The van der Waals surface area contributed by atoms with Crippen LogP contribution in [0, 0.1) is 0 Å². The first kappa shape index (κ1) is 11.9. The molecule has 0 aromatic carbocycles. The molecule has 0 saturated carbocycles. The summed E-state index contributed by atoms with van der Waals surface area (Å²) in [5.74, 6) is -0.882. The molecule has 0 aromatic heterocycles. The Bertz CT molecular complexity index is 194. The molecule has 0 aliphatic rings. The van der Waals surface area contributed by atoms with Crippen molar-refractivity contribution in [3.8, 4) is 0 Å². The Morgan fingerprint density at radius 2 is 2.00 bits per heavy atom. The number of unbranched alkanes of at least 4 members (excludes halogenated alkanes) is 2. The average Bonchev–Trinajstić information content (AvgIpc) is 2.04. The molecule has 74 valence electrons. The van der Waals surface area contributed by atoms with Crippen molar-refractivity contribution in [2.45, 2.75) is 39.0 Å². The zero-order chi connectivity index (χ0) is 10.1. The van der Waals surface area contributed by atoms with Crippen LogP contribution in [0.25, 0.3) is 0 Å². The molecule has 3 heteroatoms. The minimum atomic E-state index is -0.905. The number of allylic oxidation sites excluding steroid dienone is 1. The van der Waals surface area contributed by atoms with E-state index in [1.165, 1.54) is 12.2 Å². The van der Waals surface area contributed by atoms with Crippen LogP contribution >= 0.6 is 0 Å². The summed E-state index contributed by atoms with van der Waals surface area (Å²) in [6, 6.07) is 0. The van der Waals surface area contributed by atoms with Gasteiger partial charge < -0.3 is 5.11 Å². The lowest BCUT2D eigenvalue weighted by Crippen LogP contribution is -1.94. The fourth-order valence-corrected chi connectivity index (χ4v) is 0.924. The maximum Gasteiger partial charge on any atom is 0.307 e. The van der Waals surface area contributed by atoms with Crippen molar-refractivity contribution in [3.63, 3.8) is 0 Å². The van der Waals surface area contributed by atoms with Crippen molar-refractivity contribution in [1.82, 2.24) is 0 Å². The summed E-state index contributed by atoms with van der Waals surface area (Å²) in [6.07, 6.45) is 6.27. The fourth-order valence-electron chi connectivity index (χ4n) is 0.924. The third kappa shape index (κ3) is 8.79. The second-order valence-electron chi connectivity index (χ2n) is 2.92. The molecule has 0 radical (unpaired) electrons. The molecular formula is C10H16O3. The monoisotopic (exact) mass is 184 g/mol. The van der Waals surface area contributed by atoms with Gasteiger partial charge in [0.2, 0.25) is 0 Å². The Morgan fingerprint density at radius 3 is 2.54 bits per heavy atom. The lowest BCUT2D eigenvalue weighted by atomic mass is 10.1. The first-order chi connectivity index (χ1) is 6.16. The molecule has 0 atom stereocenters. The quantitative estimate of drug-likeness (QED) is 0.487. The molecular weight excluding hydrogens is 168 g/mol. The molecule has 0 aliphatic heterocycles. The van der Waals surface area contributed by atoms with Crippen LogP contribution in [0.5, 0.6) is 0 Å². The highest BCUT2D eigenvalue weighted by molar-refractivity contribution is 5.90. The van der Waals surface area contributed by atoms with Gasteiger partial charge in [-0.15, -0.1) is 0 Å². The molecule has 13 heavy (non-hydrogen) atoms. The lowest BCUT2D eigenvalue weighted by molar-refractivity contribution is -0.135. The third-order valence-corrected chi connectivity index (χ3v) is 1.62. The van der Waals surface area contributed by atoms with Crippen LogP contribution in [0.4, 0.5) is 0 Å². The topological polar surface area (TPSA) is 54.4 Å². The first-order valence-electron chi connectivity index (χ1n) is 4.58. The van der Waals surface area contributed by atoms with E-state index < -0.39 is 5.97 Å². The van der Waals surface area contributed by atoms with Gasteiger partial charge >= 0.3 is 5.97 Å². The summed E-state index contributed by atoms with van der Waals surface area (Å²) < 4.78 is 0. The maximum atomic E-state index is 11.0. The van der Waals surface area contributed by atoms with E-state index in [0.717, 1.165) is 19.3 Å². The summed E-state index contributed by atoms with van der Waals surface area (Å²) in [7, 11) is 0. The van der Waals surface area contributed by atoms with Crippen molar-refractivity contribution >= 4 is 11.8 Å². The number of ketones is 1. The predicted octanol–water partition coefficient (Wildman–Crippen LogP) is 2.17. The van der Waals surface area contributed by atoms with Gasteiger partial charge in [-0.3, -0.25) is 9.59 Å². The van der Waals surface area contributed by atoms with Crippen molar-refractivity contribution in [3.05, 3.63) is 12.2 Å². The number of hydrogen-bond acceptors (Lipinski definition) is 2. The number of aliphatic carboxylic acids is 1. The van der Waals surface area contributed by atoms with Gasteiger partial charge in [-0.2, -0.15) is 0 Å². The van der Waals surface area contributed by atoms with E-state index >= 15 is 0 Å². The van der Waals surface area contributed by atoms with Crippen LogP contribution in [-0.4, -0.2) is 16.9 Å². The van der Waals surface area contributed by atoms with Gasteiger partial charge in [0.1, 0.15) is 0 Å². The average molecular weight is 184 g/mol. The van der Waals surface area contributed by atoms with Crippen LogP contribution in [0.2, 0.25) is 0 Å². The Labute approximate surface area is 78.5 Å². The van der Waals surface area contributed by atoms with Gasteiger partial charge in [-0.05, 0) is 12.5 Å². The van der Waals surface area contributed by atoms with Crippen molar-refractivity contribution in [2.24, 2.45) is 0 Å². The molecule has 0 fully saturated rings. The summed E-state index contributed by atoms with van der Waals surface area (Å²) in [4.78, 5) is 21.1. The molecule has 0 aliphatic carbocycles. The van der Waals surface area contributed by atoms with E-state index in [9.17, 15) is 9.59 Å². The molecule has 1 N–H and O–H groups in total. The number of rotatable bonds is 7. The largest absolute Gasteiger partial charge is 0.481 e. The SMILES string of the molecule is CCCCCC(=O)C=CCC(=O)O. The highest BCUT2D eigenvalue weighted by Crippen LogP contribution is 2.00. The van der Waals surface area contributed by atoms with Gasteiger partial charge in [-0.25, -0.2) is 0 Å². The van der Waals surface area contributed by atoms with Gasteiger partial charge in [0.25, 0.3) is 0 Å². The Kier molecular flexibility index (Phi) is 6.88. The third-order valence-electron chi connectivity index (χ3n) is 1.62. The molecule has 0 bridgehead atoms. The van der Waals surface area contributed by atoms with E-state index in [1.807, 2.05) is 0 Å². The zero-order valence-electron chi connectivity index (χ0n) is 7.95. The normalized spacial score (nSPS) is 10.5. The first-order valence-corrected chi connectivity index (χ1v) is 4.58. The number of carboxylic acid groups (broad SMARTS) is 1. The summed E-state index contributed by atoms with van der Waals surface area (Å²) in [6.45, 7) is 2.07. The van der Waals surface area contributed by atoms with E-state index in [0.29, 0.717) is 6.42 Å². The summed E-state index contributed by atoms with van der Waals surface area (Å²) in [5.41, 5.74) is 0. The van der Waals surface area contributed by atoms with Crippen molar-refractivity contribution < 1.29 is 14.7 Å². The Morgan fingerprint density at radius 1 is 1.31 bits per heavy atom. The predicted molar refractivity (Wildman–Crippen MR) is 50.5 cm³/mol. The molecule has 0 rings (SSSR count). The highest BCUT2D eigenvalue weighted by atomic mass is 16.4. The Hall–Kier alpha value is -1.12. The number of carbonyl (C=O) groups is 2. The van der Waals surface area contributed by atoms with E-state index in [2.05, 4.69) is 6.92 Å². The molecule has 3 nitrogen and oxygen atoms in total. The van der Waals surface area contributed by atoms with Gasteiger partial charge in [0.05, 0.1) is 6.42 Å². The van der Waals surface area contributed by atoms with Crippen molar-refractivity contribution in [1.29, 1.82) is 0 Å². The fraction of sp³-hybridized carbons (Fsp3) is 0.600. The Balaban J connectivity index is 3.49. The molecule has 0 heterocycles. The van der Waals surface area contributed by atoms with Crippen LogP contribution in [0.3, 0.4) is 0 Å². The summed E-state index contributed by atoms with van der Waals surface area (Å²) in [5, 5.41) is 8.28. The van der Waals surface area contributed by atoms with Gasteiger partial charge in [0, 0.05) is 6.42 Å². The number of hydrogen-bond donors (Lipinski definition) is 1. The summed E-state index contributed by atoms with van der Waals surface area (Å²) >= 11 is 0. The van der Waals surface area contributed by atoms with E-state index in [4.69, 9.17) is 5.11 Å². The molecule has 0 spiro atoms. The smallest absolute Gasteiger partial charge is 0.307 e. The minimum Gasteiger partial charge on any atom is -0.481 e. The van der Waals surface area contributed by atoms with Crippen molar-refractivity contribution in [2.75, 3.05) is 0 Å². The number of carbonyl (C=O) groups excluding carboxylic acids is 1. The zero-order valence-corrected chi connectivity index (χ0v) is 7.95. The minimum absolute atomic E-state index is 0.0229. The van der Waals surface area contributed by atoms with Crippen LogP contribution < -0.4 is 0 Å². The lowest BCUT2D eigenvalue weighted by Gasteiger charge is -1.93. The standard InChI is InChI=1S/C10H16O3/c1-2-3-4-6-9(11)7-5-8-10(12)13/h5,7H,2-4,6,8H2,1H3,(H,12,13). The molecule has 0 amide bonds. The second-order valence-corrected chi connectivity index (χ2v) is 2.92. The highest BCUT2D eigenvalue weighted by Gasteiger charge is 1.96. The number of carboxylic acids is 1. The van der Waals surface area contributed by atoms with Gasteiger partial charge in [-0.1, -0.05) is 25.8 Å². The molecule has 0 saturated heterocycles. The second kappa shape index (κ2) is 7.53. The van der Waals surface area contributed by atoms with E-state index in [-0.39, 0.29) is 12.2 Å². The van der Waals surface area contributed by atoms with E-state index in [1.54, 1.807) is 0 Å². The maximum absolute atomic E-state index is 11.0. The van der Waals surface area contributed by atoms with Crippen LogP contribution in [-0.2, 0) is 9.59 Å². The van der Waals surface area contributed by atoms with Gasteiger partial charge in [0.15, 0.2) is 5.78 Å². The molecule has 0 aromatic rings. The van der Waals surface area contributed by atoms with Crippen LogP contribution in [0.1, 0.15) is 39.0 Å². The van der Waals surface area contributed by atoms with Crippen LogP contribution in [0.15, 0.2) is 12.2 Å². The molecule has 0 unspecified atom stereocenters.